The number of halogens is 3. The van der Waals surface area contributed by atoms with Crippen molar-refractivity contribution in [3.8, 4) is 0 Å². The highest BCUT2D eigenvalue weighted by Crippen LogP contribution is 2.49. The molecule has 1 fully saturated rings. The molecule has 1 atom stereocenters. The number of carboxylic acid groups (broad SMARTS) is 1. The van der Waals surface area contributed by atoms with E-state index >= 15 is 0 Å². The van der Waals surface area contributed by atoms with Gasteiger partial charge in [-0.15, -0.1) is 0 Å². The molecule has 28 heavy (non-hydrogen) atoms. The van der Waals surface area contributed by atoms with E-state index in [1.54, 1.807) is 30.3 Å². The first-order chi connectivity index (χ1) is 13.1. The Morgan fingerprint density at radius 3 is 2.18 bits per heavy atom. The summed E-state index contributed by atoms with van der Waals surface area (Å²) < 4.78 is 39.0. The fourth-order valence-electron chi connectivity index (χ4n) is 3.30. The summed E-state index contributed by atoms with van der Waals surface area (Å²) in [6.07, 6.45) is -3.64. The third-order valence-corrected chi connectivity index (χ3v) is 5.41. The molecule has 1 aliphatic carbocycles. The number of carbonyl (C=O) groups is 2. The van der Waals surface area contributed by atoms with Crippen LogP contribution in [0.1, 0.15) is 36.5 Å². The van der Waals surface area contributed by atoms with E-state index in [4.69, 9.17) is 0 Å². The molecule has 0 saturated heterocycles. The summed E-state index contributed by atoms with van der Waals surface area (Å²) in [5.74, 6) is -1.54. The van der Waals surface area contributed by atoms with E-state index in [9.17, 15) is 27.9 Å². The molecule has 0 spiro atoms. The van der Waals surface area contributed by atoms with Gasteiger partial charge in [0.1, 0.15) is 5.41 Å². The second-order valence-electron chi connectivity index (χ2n) is 7.35. The molecular formula is C21H20F3NO3. The standard InChI is InChI=1S/C21H20F3NO3/c1-19(18(27)28,14-6-3-2-4-7-14)13-25-17(26)20(10-11-20)15-8-5-9-16(12-15)21(22,23)24/h2-9,12H,10-11,13H2,1H3,(H,25,26)(H,27,28). The molecule has 1 unspecified atom stereocenters. The number of carbonyl (C=O) groups excluding carboxylic acids is 1. The lowest BCUT2D eigenvalue weighted by atomic mass is 9.82. The van der Waals surface area contributed by atoms with Crippen molar-refractivity contribution in [3.63, 3.8) is 0 Å². The van der Waals surface area contributed by atoms with Crippen LogP contribution in [-0.2, 0) is 26.6 Å². The molecule has 0 heterocycles. The first-order valence-corrected chi connectivity index (χ1v) is 8.85. The number of amides is 1. The average molecular weight is 391 g/mol. The number of benzene rings is 2. The van der Waals surface area contributed by atoms with Gasteiger partial charge in [0.15, 0.2) is 0 Å². The third-order valence-electron chi connectivity index (χ3n) is 5.41. The summed E-state index contributed by atoms with van der Waals surface area (Å²) in [6, 6.07) is 13.3. The van der Waals surface area contributed by atoms with Crippen molar-refractivity contribution in [2.24, 2.45) is 0 Å². The number of carboxylic acids is 1. The summed E-state index contributed by atoms with van der Waals surface area (Å²) >= 11 is 0. The predicted molar refractivity (Wildman–Crippen MR) is 96.8 cm³/mol. The maximum absolute atomic E-state index is 13.0. The monoisotopic (exact) mass is 391 g/mol. The molecule has 1 amide bonds. The molecule has 2 aromatic rings. The van der Waals surface area contributed by atoms with Gasteiger partial charge in [-0.1, -0.05) is 48.5 Å². The van der Waals surface area contributed by atoms with Gasteiger partial charge in [0.25, 0.3) is 0 Å². The Kier molecular flexibility index (Phi) is 4.95. The molecule has 2 N–H and O–H groups in total. The van der Waals surface area contributed by atoms with Gasteiger partial charge in [-0.05, 0) is 37.0 Å². The summed E-state index contributed by atoms with van der Waals surface area (Å²) in [6.45, 7) is 1.35. The van der Waals surface area contributed by atoms with Gasteiger partial charge in [-0.3, -0.25) is 9.59 Å². The topological polar surface area (TPSA) is 66.4 Å². The van der Waals surface area contributed by atoms with Crippen molar-refractivity contribution in [1.82, 2.24) is 5.32 Å². The van der Waals surface area contributed by atoms with Crippen LogP contribution in [0.2, 0.25) is 0 Å². The van der Waals surface area contributed by atoms with Crippen LogP contribution in [0.25, 0.3) is 0 Å². The molecule has 7 heteroatoms. The van der Waals surface area contributed by atoms with Crippen LogP contribution in [0.15, 0.2) is 54.6 Å². The number of hydrogen-bond donors (Lipinski definition) is 2. The lowest BCUT2D eigenvalue weighted by Gasteiger charge is -2.27. The SMILES string of the molecule is CC(CNC(=O)C1(c2cccc(C(F)(F)F)c2)CC1)(C(=O)O)c1ccccc1. The van der Waals surface area contributed by atoms with E-state index in [2.05, 4.69) is 5.32 Å². The number of hydrogen-bond acceptors (Lipinski definition) is 2. The zero-order chi connectivity index (χ0) is 20.6. The van der Waals surface area contributed by atoms with Crippen LogP contribution >= 0.6 is 0 Å². The normalized spacial score (nSPS) is 17.4. The minimum Gasteiger partial charge on any atom is -0.481 e. The van der Waals surface area contributed by atoms with E-state index < -0.39 is 34.4 Å². The van der Waals surface area contributed by atoms with Crippen molar-refractivity contribution in [1.29, 1.82) is 0 Å². The molecule has 3 rings (SSSR count). The Morgan fingerprint density at radius 1 is 1.04 bits per heavy atom. The number of rotatable bonds is 6. The molecule has 0 radical (unpaired) electrons. The molecule has 148 valence electrons. The van der Waals surface area contributed by atoms with Crippen LogP contribution < -0.4 is 5.32 Å². The first kappa shape index (κ1) is 19.9. The Balaban J connectivity index is 1.80. The van der Waals surface area contributed by atoms with Gasteiger partial charge in [0, 0.05) is 6.54 Å². The second kappa shape index (κ2) is 6.96. The van der Waals surface area contributed by atoms with E-state index in [1.165, 1.54) is 19.1 Å². The van der Waals surface area contributed by atoms with Crippen molar-refractivity contribution < 1.29 is 27.9 Å². The van der Waals surface area contributed by atoms with Crippen molar-refractivity contribution >= 4 is 11.9 Å². The van der Waals surface area contributed by atoms with E-state index in [0.29, 0.717) is 24.0 Å². The van der Waals surface area contributed by atoms with E-state index in [0.717, 1.165) is 12.1 Å². The third kappa shape index (κ3) is 3.61. The highest BCUT2D eigenvalue weighted by atomic mass is 19.4. The van der Waals surface area contributed by atoms with Gasteiger partial charge in [0.05, 0.1) is 11.0 Å². The van der Waals surface area contributed by atoms with Gasteiger partial charge in [-0.2, -0.15) is 13.2 Å². The Morgan fingerprint density at radius 2 is 1.64 bits per heavy atom. The van der Waals surface area contributed by atoms with Gasteiger partial charge < -0.3 is 10.4 Å². The highest BCUT2D eigenvalue weighted by molar-refractivity contribution is 5.92. The van der Waals surface area contributed by atoms with Gasteiger partial charge in [0.2, 0.25) is 5.91 Å². The number of nitrogens with one attached hydrogen (secondary N) is 1. The smallest absolute Gasteiger partial charge is 0.416 e. The second-order valence-corrected chi connectivity index (χ2v) is 7.35. The zero-order valence-electron chi connectivity index (χ0n) is 15.2. The summed E-state index contributed by atoms with van der Waals surface area (Å²) in [5.41, 5.74) is -2.34. The molecule has 2 aromatic carbocycles. The predicted octanol–water partition coefficient (Wildman–Crippen LogP) is 3.90. The van der Waals surface area contributed by atoms with Crippen LogP contribution in [0, 0.1) is 0 Å². The number of aliphatic carboxylic acids is 1. The largest absolute Gasteiger partial charge is 0.481 e. The molecule has 0 bridgehead atoms. The highest BCUT2D eigenvalue weighted by Gasteiger charge is 2.52. The zero-order valence-corrected chi connectivity index (χ0v) is 15.2. The Labute approximate surface area is 160 Å². The van der Waals surface area contributed by atoms with Crippen LogP contribution in [0.4, 0.5) is 13.2 Å². The molecular weight excluding hydrogens is 371 g/mol. The number of alkyl halides is 3. The van der Waals surface area contributed by atoms with Crippen molar-refractivity contribution in [2.75, 3.05) is 6.54 Å². The van der Waals surface area contributed by atoms with Crippen LogP contribution in [0.3, 0.4) is 0 Å². The minimum absolute atomic E-state index is 0.161. The molecule has 0 aromatic heterocycles. The van der Waals surface area contributed by atoms with E-state index in [-0.39, 0.29) is 6.54 Å². The Bertz CT molecular complexity index is 891. The molecule has 1 saturated carbocycles. The van der Waals surface area contributed by atoms with Crippen LogP contribution in [0.5, 0.6) is 0 Å². The summed E-state index contributed by atoms with van der Waals surface area (Å²) in [7, 11) is 0. The molecule has 4 nitrogen and oxygen atoms in total. The fourth-order valence-corrected chi connectivity index (χ4v) is 3.30. The summed E-state index contributed by atoms with van der Waals surface area (Å²) in [5, 5.41) is 12.3. The maximum Gasteiger partial charge on any atom is 0.416 e. The average Bonchev–Trinajstić information content (AvgIpc) is 3.48. The summed E-state index contributed by atoms with van der Waals surface area (Å²) in [4.78, 5) is 24.7. The first-order valence-electron chi connectivity index (χ1n) is 8.85. The van der Waals surface area contributed by atoms with Crippen molar-refractivity contribution in [3.05, 3.63) is 71.3 Å². The molecule has 1 aliphatic rings. The fraction of sp³-hybridized carbons (Fsp3) is 0.333. The van der Waals surface area contributed by atoms with Gasteiger partial charge >= 0.3 is 12.1 Å². The molecule has 0 aliphatic heterocycles. The van der Waals surface area contributed by atoms with Crippen LogP contribution in [-0.4, -0.2) is 23.5 Å². The lowest BCUT2D eigenvalue weighted by Crippen LogP contribution is -2.47. The van der Waals surface area contributed by atoms with Gasteiger partial charge in [-0.25, -0.2) is 0 Å². The minimum atomic E-state index is -4.49. The van der Waals surface area contributed by atoms with Crippen molar-refractivity contribution in [2.45, 2.75) is 36.8 Å². The Hall–Kier alpha value is -2.83. The quantitative estimate of drug-likeness (QED) is 0.785. The maximum atomic E-state index is 13.0. The lowest BCUT2D eigenvalue weighted by molar-refractivity contribution is -0.143. The van der Waals surface area contributed by atoms with E-state index in [1.807, 2.05) is 0 Å².